The molecule has 1 aliphatic heterocycles. The van der Waals surface area contributed by atoms with Gasteiger partial charge < -0.3 is 5.32 Å². The second-order valence-corrected chi connectivity index (χ2v) is 7.92. The Labute approximate surface area is 153 Å². The molecule has 2 aromatic rings. The molecule has 0 saturated carbocycles. The molecule has 5 N–H and O–H groups in total. The number of hydrogen-bond donors (Lipinski definition) is 5. The van der Waals surface area contributed by atoms with Gasteiger partial charge in [-0.1, -0.05) is 40.9 Å². The Hall–Kier alpha value is -1.42. The van der Waals surface area contributed by atoms with Crippen molar-refractivity contribution in [1.29, 1.82) is 0 Å². The molecule has 24 heavy (non-hydrogen) atoms. The van der Waals surface area contributed by atoms with Crippen LogP contribution in [0.15, 0.2) is 24.3 Å². The van der Waals surface area contributed by atoms with Gasteiger partial charge in [0.25, 0.3) is 0 Å². The Morgan fingerprint density at radius 1 is 1.25 bits per heavy atom. The van der Waals surface area contributed by atoms with E-state index in [2.05, 4.69) is 20.3 Å². The van der Waals surface area contributed by atoms with Crippen LogP contribution in [0.4, 0.5) is 22.0 Å². The van der Waals surface area contributed by atoms with Crippen LogP contribution in [0.1, 0.15) is 5.56 Å². The summed E-state index contributed by atoms with van der Waals surface area (Å²) in [4.78, 5) is 16.2. The fourth-order valence-electron chi connectivity index (χ4n) is 2.16. The van der Waals surface area contributed by atoms with Gasteiger partial charge in [0.05, 0.1) is 21.5 Å². The lowest BCUT2D eigenvalue weighted by Gasteiger charge is -2.26. The number of pyridine rings is 1. The van der Waals surface area contributed by atoms with E-state index in [-0.39, 0.29) is 21.7 Å². The number of halogens is 3. The smallest absolute Gasteiger partial charge is 0.306 e. The third-order valence-corrected chi connectivity index (χ3v) is 5.38. The molecule has 0 aliphatic carbocycles. The van der Waals surface area contributed by atoms with E-state index < -0.39 is 16.8 Å². The summed E-state index contributed by atoms with van der Waals surface area (Å²) < 4.78 is 22.1. The molecular formula is C13H11Cl3N4O3S. The first-order chi connectivity index (χ1) is 11.2. The first-order valence-corrected chi connectivity index (χ1v) is 9.35. The van der Waals surface area contributed by atoms with Crippen LogP contribution in [-0.4, -0.2) is 20.1 Å². The molecule has 2 amide bonds. The molecule has 128 valence electrons. The van der Waals surface area contributed by atoms with Crippen LogP contribution in [0.25, 0.3) is 0 Å². The minimum atomic E-state index is -3.01. The summed E-state index contributed by atoms with van der Waals surface area (Å²) in [6.07, 6.45) is 0. The number of carbonyl (C=O) groups excluding carboxylic acids is 1. The largest absolute Gasteiger partial charge is 0.324 e. The number of urea groups is 1. The molecule has 1 aromatic carbocycles. The molecule has 0 bridgehead atoms. The van der Waals surface area contributed by atoms with E-state index in [0.29, 0.717) is 22.0 Å². The van der Waals surface area contributed by atoms with Crippen molar-refractivity contribution in [2.45, 2.75) is 5.75 Å². The standard InChI is InChI=1S/C13H11Cl3N4O3S/c14-7-2-1-3-8(10(7)16)17-13(21)19-12-11-6(4-9(15)18-12)5-24(22,23)20-11/h1-4,20,22-23H,5H2,(H2,17,18,19,21). The van der Waals surface area contributed by atoms with Gasteiger partial charge in [0.1, 0.15) is 10.8 Å². The van der Waals surface area contributed by atoms with Crippen molar-refractivity contribution in [3.63, 3.8) is 0 Å². The SMILES string of the molecule is O=C(Nc1cccc(Cl)c1Cl)Nc1nc(Cl)cc2c1NS(O)(O)C2. The van der Waals surface area contributed by atoms with Crippen LogP contribution >= 0.6 is 45.6 Å². The summed E-state index contributed by atoms with van der Waals surface area (Å²) in [5.74, 6) is 0.0618. The zero-order valence-electron chi connectivity index (χ0n) is 11.8. The molecule has 1 aromatic heterocycles. The maximum absolute atomic E-state index is 12.2. The first kappa shape index (κ1) is 17.4. The Bertz CT molecular complexity index is 834. The molecule has 0 atom stereocenters. The first-order valence-electron chi connectivity index (χ1n) is 6.50. The Morgan fingerprint density at radius 2 is 2.00 bits per heavy atom. The van der Waals surface area contributed by atoms with E-state index in [1.165, 1.54) is 6.07 Å². The highest BCUT2D eigenvalue weighted by Gasteiger charge is 2.28. The molecule has 3 rings (SSSR count). The molecule has 0 fully saturated rings. The van der Waals surface area contributed by atoms with Gasteiger partial charge >= 0.3 is 6.03 Å². The minimum absolute atomic E-state index is 0.0129. The van der Waals surface area contributed by atoms with Crippen molar-refractivity contribution in [3.05, 3.63) is 45.0 Å². The number of fused-ring (bicyclic) bond motifs is 1. The van der Waals surface area contributed by atoms with Crippen molar-refractivity contribution in [2.24, 2.45) is 0 Å². The maximum atomic E-state index is 12.2. The van der Waals surface area contributed by atoms with Crippen LogP contribution < -0.4 is 15.4 Å². The molecule has 2 heterocycles. The molecule has 0 unspecified atom stereocenters. The number of nitrogens with zero attached hydrogens (tertiary/aromatic N) is 1. The van der Waals surface area contributed by atoms with E-state index in [0.717, 1.165) is 0 Å². The van der Waals surface area contributed by atoms with Crippen LogP contribution in [-0.2, 0) is 5.75 Å². The van der Waals surface area contributed by atoms with Gasteiger partial charge in [-0.3, -0.25) is 19.1 Å². The van der Waals surface area contributed by atoms with Crippen molar-refractivity contribution >= 4 is 68.8 Å². The normalized spacial score (nSPS) is 16.0. The molecule has 1 aliphatic rings. The van der Waals surface area contributed by atoms with E-state index in [4.69, 9.17) is 34.8 Å². The highest BCUT2D eigenvalue weighted by atomic mass is 35.5. The average molecular weight is 410 g/mol. The second-order valence-electron chi connectivity index (χ2n) is 4.92. The van der Waals surface area contributed by atoms with Gasteiger partial charge in [0, 0.05) is 5.56 Å². The highest BCUT2D eigenvalue weighted by Crippen LogP contribution is 2.53. The van der Waals surface area contributed by atoms with Crippen molar-refractivity contribution in [3.8, 4) is 0 Å². The van der Waals surface area contributed by atoms with Gasteiger partial charge in [-0.25, -0.2) is 9.78 Å². The summed E-state index contributed by atoms with van der Waals surface area (Å²) in [5, 5.41) is 5.65. The number of nitrogens with one attached hydrogen (secondary N) is 3. The number of carbonyl (C=O) groups is 1. The number of hydrogen-bond acceptors (Lipinski definition) is 5. The zero-order chi connectivity index (χ0) is 17.5. The number of amides is 2. The van der Waals surface area contributed by atoms with Gasteiger partial charge in [0.15, 0.2) is 5.82 Å². The zero-order valence-corrected chi connectivity index (χ0v) is 14.9. The van der Waals surface area contributed by atoms with Crippen molar-refractivity contribution in [1.82, 2.24) is 4.98 Å². The molecule has 0 radical (unpaired) electrons. The quantitative estimate of drug-likeness (QED) is 0.434. The molecule has 0 saturated heterocycles. The topological polar surface area (TPSA) is 107 Å². The summed E-state index contributed by atoms with van der Waals surface area (Å²) in [6.45, 7) is 0. The Kier molecular flexibility index (Phi) is 4.69. The maximum Gasteiger partial charge on any atom is 0.324 e. The summed E-state index contributed by atoms with van der Waals surface area (Å²) in [6, 6.07) is 5.67. The molecule has 7 nitrogen and oxygen atoms in total. The highest BCUT2D eigenvalue weighted by molar-refractivity contribution is 8.25. The lowest BCUT2D eigenvalue weighted by atomic mass is 10.2. The fourth-order valence-corrected chi connectivity index (χ4v) is 4.01. The number of anilines is 3. The summed E-state index contributed by atoms with van der Waals surface area (Å²) >= 11 is 17.8. The third-order valence-electron chi connectivity index (χ3n) is 3.12. The van der Waals surface area contributed by atoms with Gasteiger partial charge in [-0.05, 0) is 18.2 Å². The van der Waals surface area contributed by atoms with E-state index in [9.17, 15) is 13.9 Å². The molecule has 0 spiro atoms. The number of rotatable bonds is 2. The van der Waals surface area contributed by atoms with Crippen LogP contribution in [0.5, 0.6) is 0 Å². The van der Waals surface area contributed by atoms with E-state index in [1.54, 1.807) is 18.2 Å². The van der Waals surface area contributed by atoms with Crippen molar-refractivity contribution < 1.29 is 13.9 Å². The number of aromatic nitrogens is 1. The van der Waals surface area contributed by atoms with Crippen LogP contribution in [0, 0.1) is 0 Å². The predicted octanol–water partition coefficient (Wildman–Crippen LogP) is 5.28. The Balaban J connectivity index is 1.82. The Morgan fingerprint density at radius 3 is 2.75 bits per heavy atom. The number of benzene rings is 1. The monoisotopic (exact) mass is 408 g/mol. The van der Waals surface area contributed by atoms with Gasteiger partial charge in [-0.2, -0.15) is 0 Å². The van der Waals surface area contributed by atoms with Crippen molar-refractivity contribution in [2.75, 3.05) is 15.4 Å². The third kappa shape index (κ3) is 3.64. The average Bonchev–Trinajstić information content (AvgIpc) is 2.78. The predicted molar refractivity (Wildman–Crippen MR) is 98.5 cm³/mol. The molecular weight excluding hydrogens is 399 g/mol. The van der Waals surface area contributed by atoms with Crippen LogP contribution in [0.3, 0.4) is 0 Å². The second kappa shape index (κ2) is 6.47. The van der Waals surface area contributed by atoms with Gasteiger partial charge in [0.2, 0.25) is 0 Å². The minimum Gasteiger partial charge on any atom is -0.306 e. The lowest BCUT2D eigenvalue weighted by Crippen LogP contribution is -2.21. The lowest BCUT2D eigenvalue weighted by molar-refractivity contribution is 0.262. The summed E-state index contributed by atoms with van der Waals surface area (Å²) in [5.41, 5.74) is 1.18. The van der Waals surface area contributed by atoms with Gasteiger partial charge in [-0.15, -0.1) is 10.8 Å². The fraction of sp³-hybridized carbons (Fsp3) is 0.0769. The molecule has 11 heteroatoms. The summed E-state index contributed by atoms with van der Waals surface area (Å²) in [7, 11) is -3.01. The van der Waals surface area contributed by atoms with Crippen LogP contribution in [0.2, 0.25) is 15.2 Å². The van der Waals surface area contributed by atoms with E-state index in [1.807, 2.05) is 0 Å². The van der Waals surface area contributed by atoms with E-state index >= 15 is 0 Å².